The fourth-order valence-electron chi connectivity index (χ4n) is 7.03. The van der Waals surface area contributed by atoms with Gasteiger partial charge in [0.15, 0.2) is 0 Å². The SMILES string of the molecule is C[C@H](N)C1CCC(C(=O)N2C[C@@H](C3CCN(S(C)(=O)=O)CC3)C[C@H]2c2ncc(-c3ccc(NC(=O)O)cc3)[nH]2)CC1. The van der Waals surface area contributed by atoms with Crippen LogP contribution in [-0.4, -0.2) is 76.6 Å². The number of rotatable bonds is 7. The number of aromatic amines is 1. The molecule has 2 saturated heterocycles. The molecule has 3 atom stereocenters. The highest BCUT2D eigenvalue weighted by atomic mass is 32.2. The van der Waals surface area contributed by atoms with Gasteiger partial charge >= 0.3 is 6.09 Å². The van der Waals surface area contributed by atoms with Crippen LogP contribution in [0.1, 0.15) is 63.7 Å². The number of anilines is 1. The van der Waals surface area contributed by atoms with Gasteiger partial charge in [-0.1, -0.05) is 12.1 Å². The number of likely N-dealkylation sites (tertiary alicyclic amines) is 1. The number of H-pyrrole nitrogens is 1. The topological polar surface area (TPSA) is 162 Å². The third-order valence-corrected chi connectivity index (χ3v) is 10.8. The summed E-state index contributed by atoms with van der Waals surface area (Å²) in [5.74, 6) is 2.03. The number of carbonyl (C=O) groups is 2. The fourth-order valence-corrected chi connectivity index (χ4v) is 7.90. The number of sulfonamides is 1. The number of piperidine rings is 1. The molecular weight excluding hydrogens is 544 g/mol. The second kappa shape index (κ2) is 12.1. The molecule has 1 saturated carbocycles. The lowest BCUT2D eigenvalue weighted by Gasteiger charge is -2.34. The molecule has 3 heterocycles. The van der Waals surface area contributed by atoms with E-state index in [1.807, 2.05) is 24.0 Å². The molecule has 2 aliphatic heterocycles. The van der Waals surface area contributed by atoms with Crippen LogP contribution in [-0.2, 0) is 14.8 Å². The van der Waals surface area contributed by atoms with Crippen LogP contribution >= 0.6 is 0 Å². The quantitative estimate of drug-likeness (QED) is 0.383. The van der Waals surface area contributed by atoms with Gasteiger partial charge in [-0.15, -0.1) is 0 Å². The van der Waals surface area contributed by atoms with Crippen molar-refractivity contribution < 1.29 is 23.1 Å². The zero-order chi connectivity index (χ0) is 29.3. The van der Waals surface area contributed by atoms with E-state index in [1.54, 1.807) is 22.6 Å². The zero-order valence-electron chi connectivity index (χ0n) is 23.8. The van der Waals surface area contributed by atoms with Crippen LogP contribution in [0.5, 0.6) is 0 Å². The molecule has 12 heteroatoms. The van der Waals surface area contributed by atoms with Gasteiger partial charge in [-0.3, -0.25) is 10.1 Å². The first-order valence-corrected chi connectivity index (χ1v) is 16.5. The number of hydrogen-bond acceptors (Lipinski definition) is 6. The van der Waals surface area contributed by atoms with Gasteiger partial charge in [0.25, 0.3) is 0 Å². The van der Waals surface area contributed by atoms with E-state index in [4.69, 9.17) is 15.8 Å². The van der Waals surface area contributed by atoms with E-state index in [0.29, 0.717) is 37.2 Å². The standard InChI is InChI=1S/C29H42N6O5S/c1-18(30)19-3-5-22(6-4-19)28(36)35-17-23(20-11-13-34(14-12-20)41(2,39)40)15-26(35)27-31-16-25(33-27)21-7-9-24(10-8-21)32-29(37)38/h7-10,16,18-20,22-23,26,32H,3-6,11-15,17,30H2,1-2H3,(H,31,33)(H,37,38)/t18-,19?,22?,23-,26-/m0/s1. The number of nitrogens with two attached hydrogens (primary N) is 1. The number of benzene rings is 1. The van der Waals surface area contributed by atoms with Crippen LogP contribution in [0.15, 0.2) is 30.5 Å². The summed E-state index contributed by atoms with van der Waals surface area (Å²) < 4.78 is 25.6. The highest BCUT2D eigenvalue weighted by molar-refractivity contribution is 7.88. The van der Waals surface area contributed by atoms with Crippen molar-refractivity contribution in [3.05, 3.63) is 36.3 Å². The minimum Gasteiger partial charge on any atom is -0.465 e. The number of amides is 2. The Morgan fingerprint density at radius 2 is 1.73 bits per heavy atom. The van der Waals surface area contributed by atoms with Gasteiger partial charge in [0.05, 0.1) is 24.2 Å². The Hall–Kier alpha value is -2.96. The average Bonchev–Trinajstić information content (AvgIpc) is 3.60. The number of nitrogens with zero attached hydrogens (tertiary/aromatic N) is 3. The lowest BCUT2D eigenvalue weighted by Crippen LogP contribution is -2.41. The zero-order valence-corrected chi connectivity index (χ0v) is 24.6. The number of nitrogens with one attached hydrogen (secondary N) is 2. The summed E-state index contributed by atoms with van der Waals surface area (Å²) in [6.07, 6.45) is 7.95. The monoisotopic (exact) mass is 586 g/mol. The van der Waals surface area contributed by atoms with E-state index in [0.717, 1.165) is 62.0 Å². The number of carbonyl (C=O) groups excluding carboxylic acids is 1. The molecule has 41 heavy (non-hydrogen) atoms. The molecule has 1 aliphatic carbocycles. The maximum Gasteiger partial charge on any atom is 0.409 e. The van der Waals surface area contributed by atoms with Crippen LogP contribution < -0.4 is 11.1 Å². The first-order chi connectivity index (χ1) is 19.5. The summed E-state index contributed by atoms with van der Waals surface area (Å²) in [6.45, 7) is 3.76. The first-order valence-electron chi connectivity index (χ1n) is 14.7. The van der Waals surface area contributed by atoms with Crippen molar-refractivity contribution in [2.24, 2.45) is 29.4 Å². The van der Waals surface area contributed by atoms with E-state index in [9.17, 15) is 18.0 Å². The Kier molecular flexibility index (Phi) is 8.72. The minimum atomic E-state index is -3.20. The van der Waals surface area contributed by atoms with Gasteiger partial charge in [0, 0.05) is 37.3 Å². The third kappa shape index (κ3) is 6.76. The van der Waals surface area contributed by atoms with Crippen molar-refractivity contribution in [2.45, 2.75) is 64.0 Å². The summed E-state index contributed by atoms with van der Waals surface area (Å²) in [5, 5.41) is 11.3. The number of carboxylic acid groups (broad SMARTS) is 1. The summed E-state index contributed by atoms with van der Waals surface area (Å²) in [4.78, 5) is 35.1. The van der Waals surface area contributed by atoms with Crippen molar-refractivity contribution in [2.75, 3.05) is 31.2 Å². The van der Waals surface area contributed by atoms with Crippen molar-refractivity contribution in [3.8, 4) is 11.3 Å². The van der Waals surface area contributed by atoms with Gasteiger partial charge in [0.2, 0.25) is 15.9 Å². The predicted molar refractivity (Wildman–Crippen MR) is 156 cm³/mol. The Labute approximate surface area is 241 Å². The van der Waals surface area contributed by atoms with Crippen molar-refractivity contribution in [1.29, 1.82) is 0 Å². The normalized spacial score (nSPS) is 27.0. The van der Waals surface area contributed by atoms with Crippen LogP contribution in [0.25, 0.3) is 11.3 Å². The summed E-state index contributed by atoms with van der Waals surface area (Å²) in [6, 6.07) is 7.03. The second-order valence-corrected chi connectivity index (χ2v) is 14.1. The van der Waals surface area contributed by atoms with Crippen molar-refractivity contribution in [3.63, 3.8) is 0 Å². The van der Waals surface area contributed by atoms with Crippen molar-refractivity contribution >= 4 is 27.7 Å². The van der Waals surface area contributed by atoms with Gasteiger partial charge < -0.3 is 20.7 Å². The highest BCUT2D eigenvalue weighted by Gasteiger charge is 2.44. The largest absolute Gasteiger partial charge is 0.465 e. The molecule has 3 fully saturated rings. The number of imidazole rings is 1. The molecule has 224 valence electrons. The van der Waals surface area contributed by atoms with E-state index >= 15 is 0 Å². The molecule has 2 amide bonds. The molecule has 0 bridgehead atoms. The average molecular weight is 587 g/mol. The summed E-state index contributed by atoms with van der Waals surface area (Å²) in [7, 11) is -3.20. The number of aromatic nitrogens is 2. The lowest BCUT2D eigenvalue weighted by molar-refractivity contribution is -0.138. The Morgan fingerprint density at radius 3 is 2.32 bits per heavy atom. The maximum absolute atomic E-state index is 14.0. The molecule has 3 aliphatic rings. The Morgan fingerprint density at radius 1 is 1.07 bits per heavy atom. The molecule has 11 nitrogen and oxygen atoms in total. The summed E-state index contributed by atoms with van der Waals surface area (Å²) >= 11 is 0. The van der Waals surface area contributed by atoms with E-state index in [-0.39, 0.29) is 29.8 Å². The van der Waals surface area contributed by atoms with Gasteiger partial charge in [-0.05, 0) is 87.3 Å². The summed E-state index contributed by atoms with van der Waals surface area (Å²) in [5.41, 5.74) is 8.30. The van der Waals surface area contributed by atoms with Crippen molar-refractivity contribution in [1.82, 2.24) is 19.2 Å². The van der Waals surface area contributed by atoms with Gasteiger partial charge in [0.1, 0.15) is 5.82 Å². The molecular formula is C29H42N6O5S. The van der Waals surface area contributed by atoms with E-state index < -0.39 is 16.1 Å². The molecule has 5 N–H and O–H groups in total. The molecule has 0 unspecified atom stereocenters. The Bertz CT molecular complexity index is 1330. The van der Waals surface area contributed by atoms with Gasteiger partial charge in [-0.25, -0.2) is 22.5 Å². The molecule has 1 aromatic carbocycles. The third-order valence-electron chi connectivity index (χ3n) is 9.47. The Balaban J connectivity index is 1.34. The molecule has 2 aromatic rings. The maximum atomic E-state index is 14.0. The van der Waals surface area contributed by atoms with E-state index in [2.05, 4.69) is 10.3 Å². The molecule has 0 radical (unpaired) electrons. The van der Waals surface area contributed by atoms with Gasteiger partial charge in [-0.2, -0.15) is 0 Å². The first kappa shape index (κ1) is 29.5. The van der Waals surface area contributed by atoms with Crippen LogP contribution in [0.3, 0.4) is 0 Å². The fraction of sp³-hybridized carbons (Fsp3) is 0.621. The predicted octanol–water partition coefficient (Wildman–Crippen LogP) is 3.88. The smallest absolute Gasteiger partial charge is 0.409 e. The molecule has 0 spiro atoms. The lowest BCUT2D eigenvalue weighted by atomic mass is 9.78. The second-order valence-electron chi connectivity index (χ2n) is 12.2. The molecule has 5 rings (SSSR count). The van der Waals surface area contributed by atoms with E-state index in [1.165, 1.54) is 6.26 Å². The van der Waals surface area contributed by atoms with Crippen LogP contribution in [0, 0.1) is 23.7 Å². The van der Waals surface area contributed by atoms with Crippen LogP contribution in [0.4, 0.5) is 10.5 Å². The number of hydrogen-bond donors (Lipinski definition) is 4. The highest BCUT2D eigenvalue weighted by Crippen LogP contribution is 2.43. The van der Waals surface area contributed by atoms with Crippen LogP contribution in [0.2, 0.25) is 0 Å². The minimum absolute atomic E-state index is 0.0120. The molecule has 1 aromatic heterocycles.